The summed E-state index contributed by atoms with van der Waals surface area (Å²) in [5.41, 5.74) is 0. The molecule has 0 amide bonds. The minimum Gasteiger partial charge on any atom is -0.870 e. The molecule has 2 heteroatoms. The molecule has 0 spiro atoms. The van der Waals surface area contributed by atoms with E-state index in [0.29, 0.717) is 0 Å². The molecule has 0 aromatic carbocycles. The molecule has 0 saturated carbocycles. The Morgan fingerprint density at radius 1 is 0.500 bits per heavy atom. The zero-order valence-electron chi connectivity index (χ0n) is 1.45. The minimum atomic E-state index is 0. The van der Waals surface area contributed by atoms with Gasteiger partial charge in [-0.15, -0.1) is 0 Å². The van der Waals surface area contributed by atoms with Gasteiger partial charge in [-0.2, -0.15) is 0 Å². The van der Waals surface area contributed by atoms with Gasteiger partial charge in [0.25, 0.3) is 0 Å². The first-order valence-corrected chi connectivity index (χ1v) is 0. The van der Waals surface area contributed by atoms with Crippen LogP contribution < -0.4 is 51.4 Å². The molecule has 0 saturated heterocycles. The van der Waals surface area contributed by atoms with Gasteiger partial charge in [0.1, 0.15) is 0 Å². The summed E-state index contributed by atoms with van der Waals surface area (Å²) in [5.74, 6) is 0. The SMILES string of the molecule is C.C.C.C.[K+].[OH-]. The second-order valence-corrected chi connectivity index (χ2v) is 0. The fourth-order valence-corrected chi connectivity index (χ4v) is 0. The van der Waals surface area contributed by atoms with Gasteiger partial charge in [0.15, 0.2) is 0 Å². The van der Waals surface area contributed by atoms with E-state index in [1.54, 1.807) is 0 Å². The average Bonchev–Trinajstić information content (AvgIpc) is 0. The van der Waals surface area contributed by atoms with Crippen molar-refractivity contribution in [1.82, 2.24) is 0 Å². The summed E-state index contributed by atoms with van der Waals surface area (Å²) >= 11 is 0. The molecule has 0 aliphatic carbocycles. The molecule has 1 nitrogen and oxygen atoms in total. The summed E-state index contributed by atoms with van der Waals surface area (Å²) in [5, 5.41) is 0. The van der Waals surface area contributed by atoms with E-state index in [9.17, 15) is 0 Å². The smallest absolute Gasteiger partial charge is 0.870 e. The molecule has 6 heavy (non-hydrogen) atoms. The van der Waals surface area contributed by atoms with Crippen LogP contribution >= 0.6 is 0 Å². The van der Waals surface area contributed by atoms with Crippen molar-refractivity contribution in [3.05, 3.63) is 0 Å². The van der Waals surface area contributed by atoms with E-state index in [4.69, 9.17) is 0 Å². The fourth-order valence-electron chi connectivity index (χ4n) is 0. The second-order valence-electron chi connectivity index (χ2n) is 0. The van der Waals surface area contributed by atoms with E-state index < -0.39 is 0 Å². The number of rotatable bonds is 0. The van der Waals surface area contributed by atoms with E-state index in [1.807, 2.05) is 0 Å². The zero-order chi connectivity index (χ0) is 0. The van der Waals surface area contributed by atoms with Gasteiger partial charge in [-0.25, -0.2) is 0 Å². The topological polar surface area (TPSA) is 30.0 Å². The molecule has 0 atom stereocenters. The summed E-state index contributed by atoms with van der Waals surface area (Å²) in [6, 6.07) is 0. The fraction of sp³-hybridized carbons (Fsp3) is 1.00. The van der Waals surface area contributed by atoms with E-state index in [-0.39, 0.29) is 86.6 Å². The summed E-state index contributed by atoms with van der Waals surface area (Å²) in [4.78, 5) is 0. The molecular weight excluding hydrogens is 103 g/mol. The molecule has 0 bridgehead atoms. The standard InChI is InChI=1S/4CH4.K.H2O/h4*1H4;;1H2/q;;;;+1;/p-1. The molecule has 0 aliphatic rings. The van der Waals surface area contributed by atoms with Gasteiger partial charge in [0.2, 0.25) is 0 Å². The molecule has 0 radical (unpaired) electrons. The van der Waals surface area contributed by atoms with Crippen LogP contribution in [-0.4, -0.2) is 5.48 Å². The van der Waals surface area contributed by atoms with E-state index in [0.717, 1.165) is 0 Å². The van der Waals surface area contributed by atoms with Crippen LogP contribution in [0.2, 0.25) is 0 Å². The summed E-state index contributed by atoms with van der Waals surface area (Å²) in [6.45, 7) is 0. The third-order valence-corrected chi connectivity index (χ3v) is 0. The van der Waals surface area contributed by atoms with Crippen LogP contribution in [0.5, 0.6) is 0 Å². The van der Waals surface area contributed by atoms with Gasteiger partial charge in [-0.3, -0.25) is 0 Å². The zero-order valence-corrected chi connectivity index (χ0v) is 4.57. The predicted molar refractivity (Wildman–Crippen MR) is 28.9 cm³/mol. The maximum absolute atomic E-state index is 0. The summed E-state index contributed by atoms with van der Waals surface area (Å²) in [7, 11) is 0. The molecule has 1 N–H and O–H groups in total. The average molecular weight is 120 g/mol. The number of hydrogen-bond acceptors (Lipinski definition) is 1. The second kappa shape index (κ2) is 81.1. The molecule has 0 unspecified atom stereocenters. The first-order chi connectivity index (χ1) is 0. The molecular formula is C4H17KO. The van der Waals surface area contributed by atoms with Crippen molar-refractivity contribution in [2.75, 3.05) is 0 Å². The van der Waals surface area contributed by atoms with Crippen molar-refractivity contribution < 1.29 is 56.9 Å². The van der Waals surface area contributed by atoms with Gasteiger partial charge < -0.3 is 5.48 Å². The molecule has 0 heterocycles. The molecule has 0 aliphatic heterocycles. The van der Waals surface area contributed by atoms with Crippen molar-refractivity contribution in [2.24, 2.45) is 0 Å². The van der Waals surface area contributed by atoms with Crippen LogP contribution in [0.15, 0.2) is 0 Å². The number of hydrogen-bond donors (Lipinski definition) is 0. The van der Waals surface area contributed by atoms with E-state index in [2.05, 4.69) is 0 Å². The Morgan fingerprint density at radius 3 is 0.500 bits per heavy atom. The Kier molecular flexibility index (Phi) is 1750. The third kappa shape index (κ3) is 46.4. The Hall–Kier alpha value is 1.60. The van der Waals surface area contributed by atoms with Gasteiger partial charge in [-0.1, -0.05) is 29.7 Å². The van der Waals surface area contributed by atoms with Crippen LogP contribution in [0.25, 0.3) is 0 Å². The van der Waals surface area contributed by atoms with Gasteiger partial charge in [-0.05, 0) is 0 Å². The first-order valence-electron chi connectivity index (χ1n) is 0. The summed E-state index contributed by atoms with van der Waals surface area (Å²) < 4.78 is 0. The maximum Gasteiger partial charge on any atom is 1.00 e. The Labute approximate surface area is 85.3 Å². The third-order valence-electron chi connectivity index (χ3n) is 0. The van der Waals surface area contributed by atoms with Crippen LogP contribution in [0.1, 0.15) is 29.7 Å². The van der Waals surface area contributed by atoms with E-state index >= 15 is 0 Å². The minimum absolute atomic E-state index is 0. The van der Waals surface area contributed by atoms with Crippen molar-refractivity contribution >= 4 is 0 Å². The molecule has 0 aromatic rings. The van der Waals surface area contributed by atoms with Crippen molar-refractivity contribution in [2.45, 2.75) is 29.7 Å². The van der Waals surface area contributed by atoms with E-state index in [1.165, 1.54) is 0 Å². The maximum atomic E-state index is 0. The van der Waals surface area contributed by atoms with Crippen molar-refractivity contribution in [3.8, 4) is 0 Å². The largest absolute Gasteiger partial charge is 1.00 e. The monoisotopic (exact) mass is 120 g/mol. The van der Waals surface area contributed by atoms with Crippen molar-refractivity contribution in [3.63, 3.8) is 0 Å². The van der Waals surface area contributed by atoms with Gasteiger partial charge >= 0.3 is 51.4 Å². The van der Waals surface area contributed by atoms with Crippen LogP contribution in [0, 0.1) is 0 Å². The van der Waals surface area contributed by atoms with Crippen molar-refractivity contribution in [1.29, 1.82) is 0 Å². The Morgan fingerprint density at radius 2 is 0.500 bits per heavy atom. The molecule has 0 rings (SSSR count). The Balaban J connectivity index is 0. The molecule has 0 fully saturated rings. The Bertz CT molecular complexity index is 7.51. The van der Waals surface area contributed by atoms with Crippen LogP contribution in [0.3, 0.4) is 0 Å². The quantitative estimate of drug-likeness (QED) is 0.392. The van der Waals surface area contributed by atoms with Crippen LogP contribution in [-0.2, 0) is 0 Å². The normalized spacial score (nSPS) is 0. The van der Waals surface area contributed by atoms with Gasteiger partial charge in [0, 0.05) is 0 Å². The predicted octanol–water partition coefficient (Wildman–Crippen LogP) is -0.628. The summed E-state index contributed by atoms with van der Waals surface area (Å²) in [6.07, 6.45) is 0. The molecule has 40 valence electrons. The van der Waals surface area contributed by atoms with Crippen LogP contribution in [0.4, 0.5) is 0 Å². The molecule has 0 aromatic heterocycles. The first kappa shape index (κ1) is 130. The van der Waals surface area contributed by atoms with Gasteiger partial charge in [0.05, 0.1) is 0 Å².